The molecule has 0 spiro atoms. The Labute approximate surface area is 113 Å². The molecule has 2 N–H and O–H groups in total. The normalized spacial score (nSPS) is 11.1. The lowest BCUT2D eigenvalue weighted by Crippen LogP contribution is -2.49. The number of amides is 1. The van der Waals surface area contributed by atoms with Gasteiger partial charge in [0, 0.05) is 5.69 Å². The molecule has 0 aromatic carbocycles. The van der Waals surface area contributed by atoms with E-state index in [1.165, 1.54) is 0 Å². The lowest BCUT2D eigenvalue weighted by atomic mass is 9.89. The van der Waals surface area contributed by atoms with Crippen molar-refractivity contribution in [3.8, 4) is 0 Å². The Bertz CT molecular complexity index is 468. The van der Waals surface area contributed by atoms with Crippen LogP contribution < -0.4 is 5.32 Å². The largest absolute Gasteiger partial charge is 0.481 e. The van der Waals surface area contributed by atoms with Gasteiger partial charge >= 0.3 is 5.97 Å². The van der Waals surface area contributed by atoms with E-state index in [1.54, 1.807) is 25.1 Å². The van der Waals surface area contributed by atoms with Gasteiger partial charge in [-0.2, -0.15) is 0 Å². The molecule has 0 atom stereocenters. The second-order valence-electron chi connectivity index (χ2n) is 4.68. The molecule has 0 saturated heterocycles. The number of nitrogens with one attached hydrogen (secondary N) is 1. The maximum atomic E-state index is 12.1. The van der Waals surface area contributed by atoms with Crippen molar-refractivity contribution in [2.45, 2.75) is 45.6 Å². The summed E-state index contributed by atoms with van der Waals surface area (Å²) in [5, 5.41) is 11.8. The minimum atomic E-state index is -0.916. The zero-order valence-electron chi connectivity index (χ0n) is 11.6. The lowest BCUT2D eigenvalue weighted by Gasteiger charge is -2.31. The first kappa shape index (κ1) is 15.1. The SMILES string of the molecule is CCC(CC)(CC(=O)O)NC(=O)c1cccc(C)n1. The van der Waals surface area contributed by atoms with Crippen LogP contribution in [0, 0.1) is 6.92 Å². The average molecular weight is 264 g/mol. The van der Waals surface area contributed by atoms with E-state index >= 15 is 0 Å². The van der Waals surface area contributed by atoms with Crippen LogP contribution >= 0.6 is 0 Å². The smallest absolute Gasteiger partial charge is 0.305 e. The maximum absolute atomic E-state index is 12.1. The first-order valence-corrected chi connectivity index (χ1v) is 6.40. The van der Waals surface area contributed by atoms with Crippen LogP contribution in [-0.4, -0.2) is 27.5 Å². The molecule has 0 aliphatic carbocycles. The van der Waals surface area contributed by atoms with Crippen molar-refractivity contribution in [2.75, 3.05) is 0 Å². The van der Waals surface area contributed by atoms with Crippen LogP contribution in [0.4, 0.5) is 0 Å². The van der Waals surface area contributed by atoms with Crippen molar-refractivity contribution in [1.82, 2.24) is 10.3 Å². The van der Waals surface area contributed by atoms with Gasteiger partial charge in [-0.05, 0) is 31.9 Å². The number of carboxylic acid groups (broad SMARTS) is 1. The van der Waals surface area contributed by atoms with Gasteiger partial charge in [0.05, 0.1) is 12.0 Å². The van der Waals surface area contributed by atoms with Gasteiger partial charge in [0.15, 0.2) is 0 Å². The predicted octanol–water partition coefficient (Wildman–Crippen LogP) is 2.15. The van der Waals surface area contributed by atoms with E-state index in [9.17, 15) is 9.59 Å². The van der Waals surface area contributed by atoms with Gasteiger partial charge in [0.25, 0.3) is 5.91 Å². The highest BCUT2D eigenvalue weighted by Crippen LogP contribution is 2.20. The molecule has 0 fully saturated rings. The Morgan fingerprint density at radius 3 is 2.42 bits per heavy atom. The maximum Gasteiger partial charge on any atom is 0.305 e. The van der Waals surface area contributed by atoms with Crippen LogP contribution in [0.2, 0.25) is 0 Å². The molecule has 1 amide bonds. The Morgan fingerprint density at radius 2 is 1.95 bits per heavy atom. The topological polar surface area (TPSA) is 79.3 Å². The molecule has 1 rings (SSSR count). The van der Waals surface area contributed by atoms with E-state index in [0.717, 1.165) is 5.69 Å². The van der Waals surface area contributed by atoms with Gasteiger partial charge in [0.2, 0.25) is 0 Å². The number of nitrogens with zero attached hydrogens (tertiary/aromatic N) is 1. The molecule has 5 nitrogen and oxygen atoms in total. The van der Waals surface area contributed by atoms with Crippen molar-refractivity contribution in [3.05, 3.63) is 29.6 Å². The zero-order valence-corrected chi connectivity index (χ0v) is 11.6. The molecule has 0 saturated carbocycles. The third kappa shape index (κ3) is 4.05. The van der Waals surface area contributed by atoms with Crippen molar-refractivity contribution >= 4 is 11.9 Å². The number of rotatable bonds is 6. The molecule has 0 unspecified atom stereocenters. The van der Waals surface area contributed by atoms with E-state index < -0.39 is 11.5 Å². The number of aliphatic carboxylic acids is 1. The first-order chi connectivity index (χ1) is 8.92. The van der Waals surface area contributed by atoms with Crippen LogP contribution in [-0.2, 0) is 4.79 Å². The van der Waals surface area contributed by atoms with Crippen molar-refractivity contribution in [3.63, 3.8) is 0 Å². The fraction of sp³-hybridized carbons (Fsp3) is 0.500. The second kappa shape index (κ2) is 6.31. The van der Waals surface area contributed by atoms with Gasteiger partial charge in [-0.3, -0.25) is 9.59 Å². The Kier molecular flexibility index (Phi) is 5.03. The molecule has 1 aromatic rings. The van der Waals surface area contributed by atoms with E-state index in [1.807, 2.05) is 13.8 Å². The van der Waals surface area contributed by atoms with E-state index in [2.05, 4.69) is 10.3 Å². The standard InChI is InChI=1S/C14H20N2O3/c1-4-14(5-2,9-12(17)18)16-13(19)11-8-6-7-10(3)15-11/h6-8H,4-5,9H2,1-3H3,(H,16,19)(H,17,18). The Balaban J connectivity index is 2.90. The highest BCUT2D eigenvalue weighted by Gasteiger charge is 2.31. The fourth-order valence-corrected chi connectivity index (χ4v) is 1.98. The lowest BCUT2D eigenvalue weighted by molar-refractivity contribution is -0.138. The number of hydrogen-bond acceptors (Lipinski definition) is 3. The van der Waals surface area contributed by atoms with E-state index in [-0.39, 0.29) is 12.3 Å². The summed E-state index contributed by atoms with van der Waals surface area (Å²) in [4.78, 5) is 27.2. The third-order valence-electron chi connectivity index (χ3n) is 3.34. The fourth-order valence-electron chi connectivity index (χ4n) is 1.98. The van der Waals surface area contributed by atoms with Crippen LogP contribution in [0.25, 0.3) is 0 Å². The van der Waals surface area contributed by atoms with Crippen LogP contribution in [0.15, 0.2) is 18.2 Å². The molecular formula is C14H20N2O3. The summed E-state index contributed by atoms with van der Waals surface area (Å²) in [5.74, 6) is -1.24. The molecule has 19 heavy (non-hydrogen) atoms. The van der Waals surface area contributed by atoms with Crippen LogP contribution in [0.5, 0.6) is 0 Å². The zero-order chi connectivity index (χ0) is 14.5. The molecule has 0 aliphatic rings. The van der Waals surface area contributed by atoms with E-state index in [4.69, 9.17) is 5.11 Å². The van der Waals surface area contributed by atoms with Crippen LogP contribution in [0.1, 0.15) is 49.3 Å². The quantitative estimate of drug-likeness (QED) is 0.825. The van der Waals surface area contributed by atoms with Crippen molar-refractivity contribution in [2.24, 2.45) is 0 Å². The molecule has 1 heterocycles. The van der Waals surface area contributed by atoms with Gasteiger partial charge in [-0.1, -0.05) is 19.9 Å². The summed E-state index contributed by atoms with van der Waals surface area (Å²) in [6.07, 6.45) is 1.04. The highest BCUT2D eigenvalue weighted by atomic mass is 16.4. The minimum absolute atomic E-state index is 0.0858. The van der Waals surface area contributed by atoms with Gasteiger partial charge in [-0.15, -0.1) is 0 Å². The summed E-state index contributed by atoms with van der Waals surface area (Å²) in [6.45, 7) is 5.55. The van der Waals surface area contributed by atoms with Crippen molar-refractivity contribution < 1.29 is 14.7 Å². The van der Waals surface area contributed by atoms with Crippen LogP contribution in [0.3, 0.4) is 0 Å². The average Bonchev–Trinajstić information content (AvgIpc) is 2.37. The van der Waals surface area contributed by atoms with Gasteiger partial charge < -0.3 is 10.4 Å². The summed E-state index contributed by atoms with van der Waals surface area (Å²) in [5.41, 5.74) is 0.357. The van der Waals surface area contributed by atoms with Crippen molar-refractivity contribution in [1.29, 1.82) is 0 Å². The van der Waals surface area contributed by atoms with Gasteiger partial charge in [-0.25, -0.2) is 4.98 Å². The van der Waals surface area contributed by atoms with E-state index in [0.29, 0.717) is 18.5 Å². The number of aryl methyl sites for hydroxylation is 1. The monoisotopic (exact) mass is 264 g/mol. The Morgan fingerprint density at radius 1 is 1.32 bits per heavy atom. The number of pyridine rings is 1. The summed E-state index contributed by atoms with van der Waals surface area (Å²) in [6, 6.07) is 5.19. The summed E-state index contributed by atoms with van der Waals surface area (Å²) in [7, 11) is 0. The Hall–Kier alpha value is -1.91. The number of aromatic nitrogens is 1. The predicted molar refractivity (Wildman–Crippen MR) is 72.0 cm³/mol. The highest BCUT2D eigenvalue weighted by molar-refractivity contribution is 5.93. The molecule has 1 aromatic heterocycles. The molecule has 0 radical (unpaired) electrons. The molecule has 104 valence electrons. The number of carboxylic acids is 1. The summed E-state index contributed by atoms with van der Waals surface area (Å²) < 4.78 is 0. The summed E-state index contributed by atoms with van der Waals surface area (Å²) >= 11 is 0. The molecule has 0 aliphatic heterocycles. The third-order valence-corrected chi connectivity index (χ3v) is 3.34. The molecule has 0 bridgehead atoms. The molecule has 5 heteroatoms. The second-order valence-corrected chi connectivity index (χ2v) is 4.68. The number of carbonyl (C=O) groups is 2. The van der Waals surface area contributed by atoms with Gasteiger partial charge in [0.1, 0.15) is 5.69 Å². The minimum Gasteiger partial charge on any atom is -0.481 e. The first-order valence-electron chi connectivity index (χ1n) is 6.40. The number of carbonyl (C=O) groups excluding carboxylic acids is 1. The molecular weight excluding hydrogens is 244 g/mol. The number of hydrogen-bond donors (Lipinski definition) is 2.